The summed E-state index contributed by atoms with van der Waals surface area (Å²) in [4.78, 5) is 4.18. The molecule has 2 aromatic rings. The molecule has 1 heterocycles. The molecule has 1 aromatic carbocycles. The van der Waals surface area contributed by atoms with E-state index in [-0.39, 0.29) is 0 Å². The van der Waals surface area contributed by atoms with Crippen LogP contribution in [0.3, 0.4) is 0 Å². The second-order valence-corrected chi connectivity index (χ2v) is 5.12. The number of nitrogens with one attached hydrogen (secondary N) is 1. The summed E-state index contributed by atoms with van der Waals surface area (Å²) < 4.78 is 6.09. The van der Waals surface area contributed by atoms with Crippen LogP contribution in [0.1, 0.15) is 11.9 Å². The minimum absolute atomic E-state index is 0.685. The molecule has 1 N–H and O–H groups in total. The lowest BCUT2D eigenvalue weighted by atomic mass is 10.3. The molecule has 3 nitrogen and oxygen atoms in total. The topological polar surface area (TPSA) is 34.1 Å². The van der Waals surface area contributed by atoms with Crippen LogP contribution in [0, 0.1) is 0 Å². The SMILES string of the molecule is CCOc1ccc(NCc2ncc(Cl)s2)cc1. The van der Waals surface area contributed by atoms with Crippen molar-refractivity contribution in [3.8, 4) is 5.75 Å². The number of rotatable bonds is 5. The summed E-state index contributed by atoms with van der Waals surface area (Å²) in [5.74, 6) is 0.885. The van der Waals surface area contributed by atoms with Gasteiger partial charge in [-0.3, -0.25) is 0 Å². The van der Waals surface area contributed by atoms with Crippen molar-refractivity contribution in [2.45, 2.75) is 13.5 Å². The summed E-state index contributed by atoms with van der Waals surface area (Å²) >= 11 is 7.29. The maximum absolute atomic E-state index is 5.81. The molecule has 0 unspecified atom stereocenters. The first-order valence-electron chi connectivity index (χ1n) is 5.35. The number of nitrogens with zero attached hydrogens (tertiary/aromatic N) is 1. The van der Waals surface area contributed by atoms with Gasteiger partial charge in [0, 0.05) is 5.69 Å². The van der Waals surface area contributed by atoms with E-state index in [1.54, 1.807) is 6.20 Å². The fraction of sp³-hybridized carbons (Fsp3) is 0.250. The van der Waals surface area contributed by atoms with E-state index in [1.165, 1.54) is 11.3 Å². The largest absolute Gasteiger partial charge is 0.494 e. The van der Waals surface area contributed by atoms with Gasteiger partial charge in [0.15, 0.2) is 0 Å². The number of hydrogen-bond acceptors (Lipinski definition) is 4. The molecular formula is C12H13ClN2OS. The molecule has 0 atom stereocenters. The molecule has 2 rings (SSSR count). The summed E-state index contributed by atoms with van der Waals surface area (Å²) in [6.07, 6.45) is 1.67. The molecule has 0 saturated heterocycles. The van der Waals surface area contributed by atoms with Gasteiger partial charge in [-0.2, -0.15) is 0 Å². The zero-order valence-electron chi connectivity index (χ0n) is 9.44. The highest BCUT2D eigenvalue weighted by Gasteiger charge is 2.00. The highest BCUT2D eigenvalue weighted by atomic mass is 35.5. The third-order valence-electron chi connectivity index (χ3n) is 2.13. The number of thiazole rings is 1. The van der Waals surface area contributed by atoms with E-state index in [1.807, 2.05) is 31.2 Å². The molecular weight excluding hydrogens is 256 g/mol. The summed E-state index contributed by atoms with van der Waals surface area (Å²) in [5.41, 5.74) is 1.04. The van der Waals surface area contributed by atoms with Gasteiger partial charge in [-0.1, -0.05) is 11.6 Å². The van der Waals surface area contributed by atoms with Crippen molar-refractivity contribution in [1.29, 1.82) is 0 Å². The maximum atomic E-state index is 5.81. The second kappa shape index (κ2) is 5.89. The second-order valence-electron chi connectivity index (χ2n) is 3.37. The van der Waals surface area contributed by atoms with E-state index < -0.39 is 0 Å². The quantitative estimate of drug-likeness (QED) is 0.895. The van der Waals surface area contributed by atoms with Gasteiger partial charge >= 0.3 is 0 Å². The van der Waals surface area contributed by atoms with Crippen molar-refractivity contribution >= 4 is 28.6 Å². The minimum atomic E-state index is 0.685. The van der Waals surface area contributed by atoms with Crippen molar-refractivity contribution in [3.05, 3.63) is 39.8 Å². The van der Waals surface area contributed by atoms with E-state index in [2.05, 4.69) is 10.3 Å². The number of ether oxygens (including phenoxy) is 1. The minimum Gasteiger partial charge on any atom is -0.494 e. The van der Waals surface area contributed by atoms with Crippen molar-refractivity contribution < 1.29 is 4.74 Å². The van der Waals surface area contributed by atoms with Crippen LogP contribution in [0.4, 0.5) is 5.69 Å². The Bertz CT molecular complexity index is 470. The third kappa shape index (κ3) is 3.61. The summed E-state index contributed by atoms with van der Waals surface area (Å²) in [6, 6.07) is 7.86. The number of anilines is 1. The van der Waals surface area contributed by atoms with Crippen LogP contribution in [0.2, 0.25) is 4.34 Å². The average molecular weight is 269 g/mol. The van der Waals surface area contributed by atoms with Gasteiger partial charge in [-0.05, 0) is 31.2 Å². The average Bonchev–Trinajstić information content (AvgIpc) is 2.75. The highest BCUT2D eigenvalue weighted by Crippen LogP contribution is 2.20. The predicted molar refractivity (Wildman–Crippen MR) is 72.1 cm³/mol. The molecule has 0 aliphatic rings. The van der Waals surface area contributed by atoms with Gasteiger partial charge in [0.2, 0.25) is 0 Å². The molecule has 5 heteroatoms. The summed E-state index contributed by atoms with van der Waals surface area (Å²) in [5, 5.41) is 4.25. The van der Waals surface area contributed by atoms with E-state index >= 15 is 0 Å². The van der Waals surface area contributed by atoms with Crippen molar-refractivity contribution in [2.24, 2.45) is 0 Å². The molecule has 0 bridgehead atoms. The normalized spacial score (nSPS) is 10.2. The third-order valence-corrected chi connectivity index (χ3v) is 3.25. The Labute approximate surface area is 109 Å². The van der Waals surface area contributed by atoms with Crippen molar-refractivity contribution in [1.82, 2.24) is 4.98 Å². The molecule has 1 aromatic heterocycles. The monoisotopic (exact) mass is 268 g/mol. The Kier molecular flexibility index (Phi) is 4.23. The first-order chi connectivity index (χ1) is 8.28. The molecule has 90 valence electrons. The lowest BCUT2D eigenvalue weighted by Crippen LogP contribution is -1.98. The first kappa shape index (κ1) is 12.2. The summed E-state index contributed by atoms with van der Waals surface area (Å²) in [6.45, 7) is 3.34. The zero-order chi connectivity index (χ0) is 12.1. The Morgan fingerprint density at radius 2 is 2.12 bits per heavy atom. The molecule has 0 amide bonds. The zero-order valence-corrected chi connectivity index (χ0v) is 11.0. The molecule has 0 aliphatic carbocycles. The van der Waals surface area contributed by atoms with Crippen molar-refractivity contribution in [2.75, 3.05) is 11.9 Å². The van der Waals surface area contributed by atoms with Crippen LogP contribution < -0.4 is 10.1 Å². The fourth-order valence-electron chi connectivity index (χ4n) is 1.38. The molecule has 0 spiro atoms. The predicted octanol–water partition coefficient (Wildman–Crippen LogP) is 3.81. The Hall–Kier alpha value is -1.26. The van der Waals surface area contributed by atoms with Gasteiger partial charge in [0.25, 0.3) is 0 Å². The number of hydrogen-bond donors (Lipinski definition) is 1. The molecule has 0 saturated carbocycles. The number of halogens is 1. The Morgan fingerprint density at radius 3 is 2.71 bits per heavy atom. The van der Waals surface area contributed by atoms with E-state index in [9.17, 15) is 0 Å². The lowest BCUT2D eigenvalue weighted by Gasteiger charge is -2.06. The van der Waals surface area contributed by atoms with Gasteiger partial charge in [-0.15, -0.1) is 11.3 Å². The standard InChI is InChI=1S/C12H13ClN2OS/c1-2-16-10-5-3-9(4-6-10)14-8-12-15-7-11(13)17-12/h3-7,14H,2,8H2,1H3. The van der Waals surface area contributed by atoms with E-state index in [0.29, 0.717) is 17.5 Å². The van der Waals surface area contributed by atoms with Gasteiger partial charge in [0.05, 0.1) is 19.3 Å². The van der Waals surface area contributed by atoms with Crippen LogP contribution in [-0.2, 0) is 6.54 Å². The number of benzene rings is 1. The lowest BCUT2D eigenvalue weighted by molar-refractivity contribution is 0.340. The van der Waals surface area contributed by atoms with Crippen LogP contribution in [0.5, 0.6) is 5.75 Å². The van der Waals surface area contributed by atoms with Gasteiger partial charge in [0.1, 0.15) is 15.1 Å². The van der Waals surface area contributed by atoms with E-state index in [0.717, 1.165) is 16.4 Å². The molecule has 17 heavy (non-hydrogen) atoms. The highest BCUT2D eigenvalue weighted by molar-refractivity contribution is 7.15. The Balaban J connectivity index is 1.90. The molecule has 0 aliphatic heterocycles. The smallest absolute Gasteiger partial charge is 0.119 e. The van der Waals surface area contributed by atoms with Crippen LogP contribution in [-0.4, -0.2) is 11.6 Å². The van der Waals surface area contributed by atoms with Gasteiger partial charge in [-0.25, -0.2) is 4.98 Å². The van der Waals surface area contributed by atoms with Crippen LogP contribution in [0.25, 0.3) is 0 Å². The number of aromatic nitrogens is 1. The maximum Gasteiger partial charge on any atom is 0.119 e. The molecule has 0 radical (unpaired) electrons. The fourth-order valence-corrected chi connectivity index (χ4v) is 2.28. The Morgan fingerprint density at radius 1 is 1.35 bits per heavy atom. The van der Waals surface area contributed by atoms with Crippen molar-refractivity contribution in [3.63, 3.8) is 0 Å². The molecule has 0 fully saturated rings. The van der Waals surface area contributed by atoms with Crippen LogP contribution >= 0.6 is 22.9 Å². The van der Waals surface area contributed by atoms with Crippen LogP contribution in [0.15, 0.2) is 30.5 Å². The first-order valence-corrected chi connectivity index (χ1v) is 6.54. The van der Waals surface area contributed by atoms with E-state index in [4.69, 9.17) is 16.3 Å². The summed E-state index contributed by atoms with van der Waals surface area (Å²) in [7, 11) is 0. The van der Waals surface area contributed by atoms with Gasteiger partial charge < -0.3 is 10.1 Å².